The first-order valence-corrected chi connectivity index (χ1v) is 7.61. The highest BCUT2D eigenvalue weighted by Gasteiger charge is 2.08. The Hall–Kier alpha value is -2.02. The molecule has 2 N–H and O–H groups in total. The largest absolute Gasteiger partial charge is 0.484 e. The van der Waals surface area contributed by atoms with Gasteiger partial charge in [0.1, 0.15) is 5.75 Å². The molecule has 0 aliphatic rings. The van der Waals surface area contributed by atoms with Crippen molar-refractivity contribution in [3.05, 3.63) is 29.3 Å². The van der Waals surface area contributed by atoms with Crippen LogP contribution in [0, 0.1) is 13.8 Å². The van der Waals surface area contributed by atoms with Gasteiger partial charge >= 0.3 is 0 Å². The summed E-state index contributed by atoms with van der Waals surface area (Å²) >= 11 is 1.50. The smallest absolute Gasteiger partial charge is 0.264 e. The number of benzene rings is 1. The van der Waals surface area contributed by atoms with Crippen LogP contribution >= 0.6 is 11.8 Å². The number of carbonyl (C=O) groups excluding carboxylic acids is 1. The number of H-pyrrole nitrogens is 1. The molecule has 0 fully saturated rings. The van der Waals surface area contributed by atoms with E-state index in [2.05, 4.69) is 20.5 Å². The maximum Gasteiger partial charge on any atom is 0.264 e. The van der Waals surface area contributed by atoms with E-state index in [0.29, 0.717) is 16.9 Å². The third kappa shape index (κ3) is 4.78. The molecule has 0 atom stereocenters. The monoisotopic (exact) mass is 306 g/mol. The molecule has 1 heterocycles. The second kappa shape index (κ2) is 7.12. The van der Waals surface area contributed by atoms with Crippen molar-refractivity contribution in [1.29, 1.82) is 0 Å². The second-order valence-electron chi connectivity index (χ2n) is 4.56. The summed E-state index contributed by atoms with van der Waals surface area (Å²) in [7, 11) is 0. The zero-order chi connectivity index (χ0) is 15.2. The number of ether oxygens (including phenoxy) is 1. The van der Waals surface area contributed by atoms with E-state index in [1.54, 1.807) is 0 Å². The van der Waals surface area contributed by atoms with E-state index in [4.69, 9.17) is 4.74 Å². The number of carbonyl (C=O) groups is 1. The van der Waals surface area contributed by atoms with E-state index in [-0.39, 0.29) is 12.5 Å². The van der Waals surface area contributed by atoms with E-state index in [1.165, 1.54) is 11.8 Å². The average Bonchev–Trinajstić information content (AvgIpc) is 2.83. The first kappa shape index (κ1) is 15.4. The van der Waals surface area contributed by atoms with Crippen molar-refractivity contribution in [3.8, 4) is 5.75 Å². The summed E-state index contributed by atoms with van der Waals surface area (Å²) < 4.78 is 5.48. The predicted molar refractivity (Wildman–Crippen MR) is 82.8 cm³/mol. The molecule has 2 aromatic rings. The topological polar surface area (TPSA) is 79.9 Å². The number of hydrogen-bond acceptors (Lipinski definition) is 5. The Morgan fingerprint density at radius 1 is 1.33 bits per heavy atom. The molecule has 1 aromatic carbocycles. The predicted octanol–water partition coefficient (Wildman–Crippen LogP) is 2.55. The first-order valence-electron chi connectivity index (χ1n) is 6.63. The van der Waals surface area contributed by atoms with E-state index >= 15 is 0 Å². The van der Waals surface area contributed by atoms with Crippen molar-refractivity contribution < 1.29 is 9.53 Å². The molecule has 0 saturated heterocycles. The maximum atomic E-state index is 11.8. The summed E-state index contributed by atoms with van der Waals surface area (Å²) in [5.41, 5.74) is 2.20. The Balaban J connectivity index is 1.86. The number of aryl methyl sites for hydroxylation is 2. The fourth-order valence-corrected chi connectivity index (χ4v) is 2.35. The molecule has 0 aliphatic heterocycles. The molecule has 7 heteroatoms. The molecule has 0 bridgehead atoms. The number of aromatic nitrogens is 3. The molecule has 6 nitrogen and oxygen atoms in total. The van der Waals surface area contributed by atoms with Crippen LogP contribution in [0.5, 0.6) is 5.75 Å². The zero-order valence-electron chi connectivity index (χ0n) is 12.3. The molecule has 1 amide bonds. The lowest BCUT2D eigenvalue weighted by Crippen LogP contribution is -2.20. The molecule has 0 unspecified atom stereocenters. The Bertz CT molecular complexity index is 607. The van der Waals surface area contributed by atoms with Crippen LogP contribution in [0.1, 0.15) is 18.1 Å². The minimum absolute atomic E-state index is 0.0696. The van der Waals surface area contributed by atoms with E-state index in [1.807, 2.05) is 39.0 Å². The highest BCUT2D eigenvalue weighted by atomic mass is 32.2. The summed E-state index contributed by atoms with van der Waals surface area (Å²) in [6.45, 7) is 5.92. The van der Waals surface area contributed by atoms with Crippen LogP contribution in [-0.2, 0) is 4.79 Å². The average molecular weight is 306 g/mol. The highest BCUT2D eigenvalue weighted by molar-refractivity contribution is 7.99. The van der Waals surface area contributed by atoms with Crippen LogP contribution in [0.2, 0.25) is 0 Å². The van der Waals surface area contributed by atoms with Crippen LogP contribution in [0.15, 0.2) is 23.4 Å². The van der Waals surface area contributed by atoms with Gasteiger partial charge in [0.2, 0.25) is 11.1 Å². The number of nitrogens with one attached hydrogen (secondary N) is 2. The van der Waals surface area contributed by atoms with Crippen molar-refractivity contribution in [2.45, 2.75) is 25.9 Å². The van der Waals surface area contributed by atoms with Gasteiger partial charge in [-0.1, -0.05) is 24.8 Å². The van der Waals surface area contributed by atoms with Crippen molar-refractivity contribution in [2.75, 3.05) is 17.7 Å². The Kier molecular flexibility index (Phi) is 5.21. The lowest BCUT2D eigenvalue weighted by atomic mass is 10.1. The standard InChI is InChI=1S/C14H18N4O2S/c1-4-21-14-16-13(17-18-14)15-12(19)8-20-11-6-9(2)5-10(3)7-11/h5-7H,4,8H2,1-3H3,(H2,15,16,17,18,19). The molecule has 0 radical (unpaired) electrons. The number of aromatic amines is 1. The molecule has 0 aliphatic carbocycles. The molecule has 1 aromatic heterocycles. The van der Waals surface area contributed by atoms with Gasteiger partial charge in [-0.2, -0.15) is 4.98 Å². The van der Waals surface area contributed by atoms with Crippen LogP contribution in [0.25, 0.3) is 0 Å². The van der Waals surface area contributed by atoms with Gasteiger partial charge < -0.3 is 4.74 Å². The summed E-state index contributed by atoms with van der Waals surface area (Å²) in [5, 5.41) is 9.87. The van der Waals surface area contributed by atoms with Gasteiger partial charge in [0.25, 0.3) is 5.91 Å². The van der Waals surface area contributed by atoms with Crippen molar-refractivity contribution in [2.24, 2.45) is 0 Å². The van der Waals surface area contributed by atoms with E-state index in [0.717, 1.165) is 16.9 Å². The number of anilines is 1. The summed E-state index contributed by atoms with van der Waals surface area (Å²) in [6, 6.07) is 5.84. The van der Waals surface area contributed by atoms with Crippen molar-refractivity contribution >= 4 is 23.6 Å². The molecule has 0 spiro atoms. The molecule has 2 rings (SSSR count). The van der Waals surface area contributed by atoms with Gasteiger partial charge in [-0.05, 0) is 42.9 Å². The first-order chi connectivity index (χ1) is 10.1. The van der Waals surface area contributed by atoms with Gasteiger partial charge in [-0.3, -0.25) is 10.1 Å². The fourth-order valence-electron chi connectivity index (χ4n) is 1.83. The lowest BCUT2D eigenvalue weighted by Gasteiger charge is -2.07. The Morgan fingerprint density at radius 2 is 2.05 bits per heavy atom. The number of amides is 1. The van der Waals surface area contributed by atoms with Crippen molar-refractivity contribution in [3.63, 3.8) is 0 Å². The normalized spacial score (nSPS) is 10.4. The SMILES string of the molecule is CCSc1n[nH]c(NC(=O)COc2cc(C)cc(C)c2)n1. The Labute approximate surface area is 127 Å². The highest BCUT2D eigenvalue weighted by Crippen LogP contribution is 2.16. The van der Waals surface area contributed by atoms with Crippen LogP contribution in [0.3, 0.4) is 0 Å². The summed E-state index contributed by atoms with van der Waals surface area (Å²) in [4.78, 5) is 15.9. The summed E-state index contributed by atoms with van der Waals surface area (Å²) in [5.74, 6) is 1.61. The molecule has 112 valence electrons. The Morgan fingerprint density at radius 3 is 2.71 bits per heavy atom. The lowest BCUT2D eigenvalue weighted by molar-refractivity contribution is -0.118. The van der Waals surface area contributed by atoms with E-state index in [9.17, 15) is 4.79 Å². The van der Waals surface area contributed by atoms with Gasteiger partial charge in [0.05, 0.1) is 0 Å². The van der Waals surface area contributed by atoms with E-state index < -0.39 is 0 Å². The second-order valence-corrected chi connectivity index (χ2v) is 5.79. The van der Waals surface area contributed by atoms with Gasteiger partial charge in [0, 0.05) is 0 Å². The number of thioether (sulfide) groups is 1. The molecule has 21 heavy (non-hydrogen) atoms. The third-order valence-electron chi connectivity index (χ3n) is 2.56. The van der Waals surface area contributed by atoms with Gasteiger partial charge in [-0.15, -0.1) is 5.10 Å². The van der Waals surface area contributed by atoms with Gasteiger partial charge in [0.15, 0.2) is 6.61 Å². The minimum Gasteiger partial charge on any atom is -0.484 e. The summed E-state index contributed by atoms with van der Waals surface area (Å²) in [6.07, 6.45) is 0. The van der Waals surface area contributed by atoms with Crippen LogP contribution < -0.4 is 10.1 Å². The third-order valence-corrected chi connectivity index (χ3v) is 3.29. The number of hydrogen-bond donors (Lipinski definition) is 2. The maximum absolute atomic E-state index is 11.8. The molecular formula is C14H18N4O2S. The zero-order valence-corrected chi connectivity index (χ0v) is 13.1. The van der Waals surface area contributed by atoms with Gasteiger partial charge in [-0.25, -0.2) is 5.10 Å². The molecular weight excluding hydrogens is 288 g/mol. The number of nitrogens with zero attached hydrogens (tertiary/aromatic N) is 2. The fraction of sp³-hybridized carbons (Fsp3) is 0.357. The number of rotatable bonds is 6. The minimum atomic E-state index is -0.279. The quantitative estimate of drug-likeness (QED) is 0.802. The van der Waals surface area contributed by atoms with Crippen LogP contribution in [-0.4, -0.2) is 33.4 Å². The molecule has 0 saturated carbocycles. The van der Waals surface area contributed by atoms with Crippen LogP contribution in [0.4, 0.5) is 5.95 Å². The van der Waals surface area contributed by atoms with Crippen molar-refractivity contribution in [1.82, 2.24) is 15.2 Å².